The van der Waals surface area contributed by atoms with Gasteiger partial charge in [0.05, 0.1) is 6.54 Å². The molecule has 18 heavy (non-hydrogen) atoms. The highest BCUT2D eigenvalue weighted by Crippen LogP contribution is 2.22. The smallest absolute Gasteiger partial charge is 0.357 e. The second-order valence-corrected chi connectivity index (χ2v) is 5.62. The largest absolute Gasteiger partial charge is 0.401 e. The van der Waals surface area contributed by atoms with Crippen molar-refractivity contribution in [3.8, 4) is 0 Å². The fraction of sp³-hybridized carbons (Fsp3) is 0.800. The first-order valence-electron chi connectivity index (χ1n) is 5.78. The molecule has 0 aliphatic carbocycles. The van der Waals surface area contributed by atoms with Crippen molar-refractivity contribution < 1.29 is 13.2 Å². The van der Waals surface area contributed by atoms with Crippen molar-refractivity contribution >= 4 is 16.5 Å². The molecule has 1 saturated heterocycles. The van der Waals surface area contributed by atoms with Gasteiger partial charge in [0, 0.05) is 19.1 Å². The molecule has 2 heterocycles. The first-order valence-corrected chi connectivity index (χ1v) is 6.60. The standard InChI is InChI=1S/C10H15F3N4S/c1-7-15-16-9(18-7)14-8-2-4-17(5-3-8)6-10(11,12)13/h8H,2-6H2,1H3,(H,14,16). The quantitative estimate of drug-likeness (QED) is 0.922. The second kappa shape index (κ2) is 5.40. The lowest BCUT2D eigenvalue weighted by Crippen LogP contribution is -2.43. The molecule has 0 saturated carbocycles. The minimum Gasteiger partial charge on any atom is -0.357 e. The van der Waals surface area contributed by atoms with Crippen LogP contribution in [0.2, 0.25) is 0 Å². The van der Waals surface area contributed by atoms with Crippen molar-refractivity contribution in [3.63, 3.8) is 0 Å². The molecular weight excluding hydrogens is 265 g/mol. The van der Waals surface area contributed by atoms with Gasteiger partial charge in [-0.15, -0.1) is 10.2 Å². The van der Waals surface area contributed by atoms with Crippen molar-refractivity contribution in [2.24, 2.45) is 0 Å². The number of piperidine rings is 1. The van der Waals surface area contributed by atoms with E-state index in [1.807, 2.05) is 6.92 Å². The van der Waals surface area contributed by atoms with Crippen LogP contribution in [-0.2, 0) is 0 Å². The summed E-state index contributed by atoms with van der Waals surface area (Å²) in [6.45, 7) is 2.00. The number of rotatable bonds is 3. The van der Waals surface area contributed by atoms with Gasteiger partial charge in [-0.25, -0.2) is 0 Å². The zero-order valence-corrected chi connectivity index (χ0v) is 10.8. The molecule has 0 atom stereocenters. The molecule has 102 valence electrons. The van der Waals surface area contributed by atoms with E-state index in [1.54, 1.807) is 0 Å². The summed E-state index contributed by atoms with van der Waals surface area (Å²) in [6, 6.07) is 0.196. The Bertz CT molecular complexity index is 385. The molecule has 0 aromatic carbocycles. The van der Waals surface area contributed by atoms with Crippen LogP contribution < -0.4 is 5.32 Å². The molecular formula is C10H15F3N4S. The van der Waals surface area contributed by atoms with Crippen molar-refractivity contribution in [3.05, 3.63) is 5.01 Å². The van der Waals surface area contributed by atoms with Gasteiger partial charge in [0.1, 0.15) is 5.01 Å². The molecule has 0 bridgehead atoms. The van der Waals surface area contributed by atoms with Crippen molar-refractivity contribution in [1.82, 2.24) is 15.1 Å². The zero-order chi connectivity index (χ0) is 13.2. The SMILES string of the molecule is Cc1nnc(NC2CCN(CC(F)(F)F)CC2)s1. The highest BCUT2D eigenvalue weighted by atomic mass is 32.1. The normalized spacial score (nSPS) is 19.1. The predicted molar refractivity (Wildman–Crippen MR) is 63.8 cm³/mol. The van der Waals surface area contributed by atoms with E-state index in [4.69, 9.17) is 0 Å². The summed E-state index contributed by atoms with van der Waals surface area (Å²) in [5.41, 5.74) is 0. The van der Waals surface area contributed by atoms with Crippen LogP contribution in [0.25, 0.3) is 0 Å². The van der Waals surface area contributed by atoms with Crippen molar-refractivity contribution in [1.29, 1.82) is 0 Å². The van der Waals surface area contributed by atoms with Crippen LogP contribution in [0.15, 0.2) is 0 Å². The lowest BCUT2D eigenvalue weighted by molar-refractivity contribution is -0.147. The summed E-state index contributed by atoms with van der Waals surface area (Å²) >= 11 is 1.47. The Hall–Kier alpha value is -0.890. The Kier molecular flexibility index (Phi) is 4.06. The molecule has 1 aromatic heterocycles. The fourth-order valence-electron chi connectivity index (χ4n) is 2.02. The van der Waals surface area contributed by atoms with E-state index < -0.39 is 12.7 Å². The summed E-state index contributed by atoms with van der Waals surface area (Å²) in [5.74, 6) is 0. The van der Waals surface area contributed by atoms with Gasteiger partial charge in [0.25, 0.3) is 0 Å². The first-order chi connectivity index (χ1) is 8.42. The third-order valence-corrected chi connectivity index (χ3v) is 3.61. The van der Waals surface area contributed by atoms with Gasteiger partial charge in [0.15, 0.2) is 0 Å². The summed E-state index contributed by atoms with van der Waals surface area (Å²) in [4.78, 5) is 1.45. The van der Waals surface area contributed by atoms with Gasteiger partial charge >= 0.3 is 6.18 Å². The average Bonchev–Trinajstić information content (AvgIpc) is 2.65. The number of nitrogens with one attached hydrogen (secondary N) is 1. The number of nitrogens with zero attached hydrogens (tertiary/aromatic N) is 3. The molecule has 1 fully saturated rings. The third kappa shape index (κ3) is 4.09. The zero-order valence-electron chi connectivity index (χ0n) is 10.00. The van der Waals surface area contributed by atoms with E-state index >= 15 is 0 Å². The molecule has 0 spiro atoms. The van der Waals surface area contributed by atoms with E-state index in [9.17, 15) is 13.2 Å². The van der Waals surface area contributed by atoms with Gasteiger partial charge < -0.3 is 5.32 Å². The molecule has 1 N–H and O–H groups in total. The highest BCUT2D eigenvalue weighted by molar-refractivity contribution is 7.15. The summed E-state index contributed by atoms with van der Waals surface area (Å²) in [6.07, 6.45) is -2.69. The van der Waals surface area contributed by atoms with Crippen molar-refractivity contribution in [2.45, 2.75) is 32.0 Å². The lowest BCUT2D eigenvalue weighted by Gasteiger charge is -2.32. The number of halogens is 3. The molecule has 0 radical (unpaired) electrons. The van der Waals surface area contributed by atoms with Crippen molar-refractivity contribution in [2.75, 3.05) is 25.0 Å². The van der Waals surface area contributed by atoms with Gasteiger partial charge in [-0.1, -0.05) is 11.3 Å². The van der Waals surface area contributed by atoms with Crippen LogP contribution in [0.1, 0.15) is 17.8 Å². The minimum atomic E-state index is -4.10. The number of likely N-dealkylation sites (tertiary alicyclic amines) is 1. The molecule has 0 amide bonds. The van der Waals surface area contributed by atoms with Gasteiger partial charge in [0.2, 0.25) is 5.13 Å². The molecule has 0 unspecified atom stereocenters. The van der Waals surface area contributed by atoms with Gasteiger partial charge in [-0.3, -0.25) is 4.90 Å². The van der Waals surface area contributed by atoms with Crippen LogP contribution in [-0.4, -0.2) is 46.9 Å². The molecule has 8 heteroatoms. The molecule has 1 aliphatic rings. The Morgan fingerprint density at radius 3 is 2.50 bits per heavy atom. The number of hydrogen-bond acceptors (Lipinski definition) is 5. The van der Waals surface area contributed by atoms with Crippen LogP contribution in [0.4, 0.5) is 18.3 Å². The van der Waals surface area contributed by atoms with Gasteiger partial charge in [-0.05, 0) is 19.8 Å². The second-order valence-electron chi connectivity index (χ2n) is 4.44. The molecule has 1 aromatic rings. The average molecular weight is 280 g/mol. The van der Waals surface area contributed by atoms with E-state index in [-0.39, 0.29) is 6.04 Å². The molecule has 4 nitrogen and oxygen atoms in total. The Morgan fingerprint density at radius 2 is 2.00 bits per heavy atom. The van der Waals surface area contributed by atoms with E-state index in [1.165, 1.54) is 16.2 Å². The van der Waals surface area contributed by atoms with E-state index in [0.717, 1.165) is 10.1 Å². The predicted octanol–water partition coefficient (Wildman–Crippen LogP) is 2.29. The number of hydrogen-bond donors (Lipinski definition) is 1. The fourth-order valence-corrected chi connectivity index (χ4v) is 2.69. The highest BCUT2D eigenvalue weighted by Gasteiger charge is 2.32. The third-order valence-electron chi connectivity index (χ3n) is 2.84. The number of aromatic nitrogens is 2. The van der Waals surface area contributed by atoms with Crippen LogP contribution in [0.3, 0.4) is 0 Å². The maximum Gasteiger partial charge on any atom is 0.401 e. The maximum absolute atomic E-state index is 12.2. The number of anilines is 1. The topological polar surface area (TPSA) is 41.1 Å². The molecule has 2 rings (SSSR count). The van der Waals surface area contributed by atoms with Gasteiger partial charge in [-0.2, -0.15) is 13.2 Å². The van der Waals surface area contributed by atoms with Crippen LogP contribution in [0, 0.1) is 6.92 Å². The van der Waals surface area contributed by atoms with Crippen LogP contribution in [0.5, 0.6) is 0 Å². The Morgan fingerprint density at radius 1 is 1.33 bits per heavy atom. The number of aryl methyl sites for hydroxylation is 1. The van der Waals surface area contributed by atoms with E-state index in [0.29, 0.717) is 25.9 Å². The van der Waals surface area contributed by atoms with Crippen LogP contribution >= 0.6 is 11.3 Å². The first kappa shape index (κ1) is 13.5. The number of alkyl halides is 3. The maximum atomic E-state index is 12.2. The Balaban J connectivity index is 1.77. The molecule has 1 aliphatic heterocycles. The monoisotopic (exact) mass is 280 g/mol. The summed E-state index contributed by atoms with van der Waals surface area (Å²) in [7, 11) is 0. The lowest BCUT2D eigenvalue weighted by atomic mass is 10.1. The minimum absolute atomic E-state index is 0.196. The summed E-state index contributed by atoms with van der Waals surface area (Å²) < 4.78 is 36.6. The summed E-state index contributed by atoms with van der Waals surface area (Å²) in [5, 5.41) is 12.7. The van der Waals surface area contributed by atoms with E-state index in [2.05, 4.69) is 15.5 Å². The Labute approximate surface area is 107 Å².